The molecule has 0 saturated heterocycles. The van der Waals surface area contributed by atoms with Crippen molar-refractivity contribution in [1.29, 1.82) is 10.8 Å². The number of pyridine rings is 1. The third-order valence-corrected chi connectivity index (χ3v) is 3.75. The van der Waals surface area contributed by atoms with E-state index in [1.807, 2.05) is 0 Å². The first kappa shape index (κ1) is 18.7. The van der Waals surface area contributed by atoms with E-state index >= 15 is 0 Å². The summed E-state index contributed by atoms with van der Waals surface area (Å²) in [4.78, 5) is 4.32. The summed E-state index contributed by atoms with van der Waals surface area (Å²) in [5.41, 5.74) is 12.1. The van der Waals surface area contributed by atoms with Gasteiger partial charge in [0.1, 0.15) is 17.4 Å². The largest absolute Gasteiger partial charge is 0.493 e. The van der Waals surface area contributed by atoms with E-state index in [1.165, 1.54) is 7.11 Å². The van der Waals surface area contributed by atoms with Crippen molar-refractivity contribution in [2.75, 3.05) is 7.11 Å². The van der Waals surface area contributed by atoms with Gasteiger partial charge in [-0.1, -0.05) is 18.2 Å². The fourth-order valence-electron chi connectivity index (χ4n) is 2.39. The molecule has 1 heterocycles. The van der Waals surface area contributed by atoms with Crippen LogP contribution in [0.4, 0.5) is 0 Å². The monoisotopic (exact) mass is 377 g/mol. The molecule has 8 heteroatoms. The minimum absolute atomic E-state index is 0.0448. The van der Waals surface area contributed by atoms with Crippen molar-refractivity contribution in [1.82, 2.24) is 4.98 Å². The SMILES string of the molecule is COc1cc(C(=N)N)ccc1Oc1cccc(Oc2cccc(C(=N)N)c2)n1. The molecule has 0 spiro atoms. The Morgan fingerprint density at radius 1 is 0.786 bits per heavy atom. The molecule has 3 rings (SSSR count). The van der Waals surface area contributed by atoms with E-state index in [2.05, 4.69) is 4.98 Å². The number of benzene rings is 2. The summed E-state index contributed by atoms with van der Waals surface area (Å²) in [6.45, 7) is 0. The number of nitrogens with two attached hydrogens (primary N) is 2. The van der Waals surface area contributed by atoms with Gasteiger partial charge in [-0.3, -0.25) is 10.8 Å². The fourth-order valence-corrected chi connectivity index (χ4v) is 2.39. The van der Waals surface area contributed by atoms with Crippen molar-refractivity contribution in [3.05, 3.63) is 71.8 Å². The van der Waals surface area contributed by atoms with Crippen LogP contribution in [-0.4, -0.2) is 23.8 Å². The second kappa shape index (κ2) is 8.09. The Morgan fingerprint density at radius 3 is 2.11 bits per heavy atom. The van der Waals surface area contributed by atoms with Crippen molar-refractivity contribution in [2.45, 2.75) is 0 Å². The number of nitrogens with one attached hydrogen (secondary N) is 2. The second-order valence-corrected chi connectivity index (χ2v) is 5.74. The molecule has 0 atom stereocenters. The number of nitrogens with zero attached hydrogens (tertiary/aromatic N) is 1. The van der Waals surface area contributed by atoms with Crippen LogP contribution >= 0.6 is 0 Å². The second-order valence-electron chi connectivity index (χ2n) is 5.74. The van der Waals surface area contributed by atoms with Gasteiger partial charge in [0.05, 0.1) is 7.11 Å². The van der Waals surface area contributed by atoms with Crippen molar-refractivity contribution < 1.29 is 14.2 Å². The number of rotatable bonds is 7. The average molecular weight is 377 g/mol. The lowest BCUT2D eigenvalue weighted by molar-refractivity contribution is 0.370. The Bertz CT molecular complexity index is 1040. The van der Waals surface area contributed by atoms with Gasteiger partial charge in [0.25, 0.3) is 0 Å². The predicted octanol–water partition coefficient (Wildman–Crippen LogP) is 3.24. The summed E-state index contributed by atoms with van der Waals surface area (Å²) in [6, 6.07) is 16.9. The van der Waals surface area contributed by atoms with Crippen molar-refractivity contribution >= 4 is 11.7 Å². The smallest absolute Gasteiger partial charge is 0.222 e. The van der Waals surface area contributed by atoms with Gasteiger partial charge >= 0.3 is 0 Å². The molecule has 0 radical (unpaired) electrons. The molecule has 3 aromatic rings. The topological polar surface area (TPSA) is 140 Å². The van der Waals surface area contributed by atoms with Crippen LogP contribution in [0, 0.1) is 10.8 Å². The maximum Gasteiger partial charge on any atom is 0.222 e. The fraction of sp³-hybridized carbons (Fsp3) is 0.0500. The first-order valence-corrected chi connectivity index (χ1v) is 8.26. The number of nitrogen functional groups attached to an aromatic ring is 2. The maximum absolute atomic E-state index is 7.51. The number of hydrogen-bond acceptors (Lipinski definition) is 6. The molecule has 142 valence electrons. The van der Waals surface area contributed by atoms with Gasteiger partial charge in [-0.15, -0.1) is 0 Å². The van der Waals surface area contributed by atoms with Crippen molar-refractivity contribution in [3.8, 4) is 29.0 Å². The molecule has 0 unspecified atom stereocenters. The molecular formula is C20H19N5O3. The Kier molecular flexibility index (Phi) is 5.40. The lowest BCUT2D eigenvalue weighted by Crippen LogP contribution is -2.11. The van der Waals surface area contributed by atoms with Gasteiger partial charge in [-0.2, -0.15) is 4.98 Å². The summed E-state index contributed by atoms with van der Waals surface area (Å²) in [7, 11) is 1.50. The highest BCUT2D eigenvalue weighted by Crippen LogP contribution is 2.32. The molecule has 0 amide bonds. The Labute approximate surface area is 161 Å². The molecule has 1 aromatic heterocycles. The van der Waals surface area contributed by atoms with Crippen molar-refractivity contribution in [2.24, 2.45) is 11.5 Å². The molecule has 0 saturated carbocycles. The van der Waals surface area contributed by atoms with Crippen LogP contribution in [0.5, 0.6) is 29.0 Å². The predicted molar refractivity (Wildman–Crippen MR) is 106 cm³/mol. The zero-order valence-corrected chi connectivity index (χ0v) is 15.1. The highest BCUT2D eigenvalue weighted by molar-refractivity contribution is 5.95. The minimum atomic E-state index is -0.0637. The molecule has 0 aliphatic rings. The number of aromatic nitrogens is 1. The van der Waals surface area contributed by atoms with E-state index < -0.39 is 0 Å². The van der Waals surface area contributed by atoms with Gasteiger partial charge in [0, 0.05) is 23.3 Å². The quantitative estimate of drug-likeness (QED) is 0.368. The van der Waals surface area contributed by atoms with Gasteiger partial charge in [0.15, 0.2) is 11.5 Å². The molecule has 0 bridgehead atoms. The molecule has 8 nitrogen and oxygen atoms in total. The molecule has 0 aliphatic heterocycles. The summed E-state index contributed by atoms with van der Waals surface area (Å²) < 4.78 is 16.8. The number of hydrogen-bond donors (Lipinski definition) is 4. The van der Waals surface area contributed by atoms with Crippen LogP contribution in [0.15, 0.2) is 60.7 Å². The van der Waals surface area contributed by atoms with Crippen LogP contribution in [-0.2, 0) is 0 Å². The van der Waals surface area contributed by atoms with Gasteiger partial charge < -0.3 is 25.7 Å². The van der Waals surface area contributed by atoms with Gasteiger partial charge in [-0.05, 0) is 30.3 Å². The van der Waals surface area contributed by atoms with E-state index in [-0.39, 0.29) is 11.7 Å². The molecule has 2 aromatic carbocycles. The van der Waals surface area contributed by atoms with Gasteiger partial charge in [0.2, 0.25) is 11.8 Å². The third-order valence-electron chi connectivity index (χ3n) is 3.75. The van der Waals surface area contributed by atoms with E-state index in [0.717, 1.165) is 0 Å². The lowest BCUT2D eigenvalue weighted by Gasteiger charge is -2.12. The zero-order valence-electron chi connectivity index (χ0n) is 15.1. The normalized spacial score (nSPS) is 10.2. The minimum Gasteiger partial charge on any atom is -0.493 e. The molecule has 28 heavy (non-hydrogen) atoms. The van der Waals surface area contributed by atoms with Crippen LogP contribution < -0.4 is 25.7 Å². The summed E-state index contributed by atoms with van der Waals surface area (Å²) in [5, 5.41) is 15.0. The van der Waals surface area contributed by atoms with E-state index in [4.69, 9.17) is 36.5 Å². The van der Waals surface area contributed by atoms with Crippen LogP contribution in [0.3, 0.4) is 0 Å². The van der Waals surface area contributed by atoms with Crippen molar-refractivity contribution in [3.63, 3.8) is 0 Å². The highest BCUT2D eigenvalue weighted by atomic mass is 16.5. The summed E-state index contributed by atoms with van der Waals surface area (Å²) in [5.74, 6) is 1.86. The number of ether oxygens (including phenoxy) is 3. The van der Waals surface area contributed by atoms with Crippen LogP contribution in [0.2, 0.25) is 0 Å². The zero-order chi connectivity index (χ0) is 20.1. The average Bonchev–Trinajstić information content (AvgIpc) is 2.68. The van der Waals surface area contributed by atoms with Crippen LogP contribution in [0.25, 0.3) is 0 Å². The lowest BCUT2D eigenvalue weighted by atomic mass is 10.2. The maximum atomic E-state index is 7.51. The Morgan fingerprint density at radius 2 is 1.43 bits per heavy atom. The molecule has 0 fully saturated rings. The Hall–Kier alpha value is -4.07. The summed E-state index contributed by atoms with van der Waals surface area (Å²) >= 11 is 0. The van der Waals surface area contributed by atoms with E-state index in [0.29, 0.717) is 40.1 Å². The Balaban J connectivity index is 1.81. The summed E-state index contributed by atoms with van der Waals surface area (Å²) in [6.07, 6.45) is 0. The van der Waals surface area contributed by atoms with Crippen LogP contribution in [0.1, 0.15) is 11.1 Å². The third kappa shape index (κ3) is 4.36. The first-order chi connectivity index (χ1) is 13.5. The number of methoxy groups -OCH3 is 1. The standard InChI is InChI=1S/C20H19N5O3/c1-26-16-11-13(20(23)24)8-9-15(16)28-18-7-3-6-17(25-18)27-14-5-2-4-12(10-14)19(21)22/h2-11H,1H3,(H3,21,22)(H3,23,24). The highest BCUT2D eigenvalue weighted by Gasteiger charge is 2.10. The van der Waals surface area contributed by atoms with E-state index in [9.17, 15) is 0 Å². The molecule has 0 aliphatic carbocycles. The van der Waals surface area contributed by atoms with E-state index in [1.54, 1.807) is 60.7 Å². The first-order valence-electron chi connectivity index (χ1n) is 8.26. The molecular weight excluding hydrogens is 358 g/mol. The molecule has 6 N–H and O–H groups in total. The van der Waals surface area contributed by atoms with Gasteiger partial charge in [-0.25, -0.2) is 0 Å². The number of amidine groups is 2.